The Bertz CT molecular complexity index is 44.8. The van der Waals surface area contributed by atoms with Gasteiger partial charge in [-0.15, -0.1) is 0 Å². The van der Waals surface area contributed by atoms with Gasteiger partial charge in [0, 0.05) is 6.16 Å². The normalized spacial score (nSPS) is 41.6. The van der Waals surface area contributed by atoms with E-state index < -0.39 is 8.75 Å². The van der Waals surface area contributed by atoms with Gasteiger partial charge in [-0.3, -0.25) is 0 Å². The molecule has 0 saturated carbocycles. The molecule has 1 rings (SSSR count). The van der Waals surface area contributed by atoms with E-state index in [0.29, 0.717) is 6.61 Å². The maximum absolute atomic E-state index is 6.85. The summed E-state index contributed by atoms with van der Waals surface area (Å²) in [6.45, 7) is 0.606. The van der Waals surface area contributed by atoms with Crippen LogP contribution in [0.2, 0.25) is 0 Å². The molecule has 0 aromatic rings. The third-order valence-corrected chi connectivity index (χ3v) is 0.947. The zero-order valence-electron chi connectivity index (χ0n) is 3.68. The van der Waals surface area contributed by atoms with Crippen LogP contribution in [0.5, 0.6) is 0 Å². The first-order valence-corrected chi connectivity index (χ1v) is 2.45. The van der Waals surface area contributed by atoms with E-state index in [2.05, 4.69) is 9.56 Å². The van der Waals surface area contributed by atoms with Gasteiger partial charge in [0.05, 0.1) is 16.6 Å². The quantitative estimate of drug-likeness (QED) is 0.321. The molecule has 0 radical (unpaired) electrons. The van der Waals surface area contributed by atoms with Crippen LogP contribution in [0, 0.1) is 0 Å². The van der Waals surface area contributed by atoms with Crippen LogP contribution >= 0.6 is 8.75 Å². The van der Waals surface area contributed by atoms with Crippen molar-refractivity contribution in [3.8, 4) is 0 Å². The first kappa shape index (κ1) is 2.51. The topological polar surface area (TPSA) is 18.5 Å². The minimum absolute atomic E-state index is 0.606. The third-order valence-electron chi connectivity index (χ3n) is 0.371. The zero-order valence-corrected chi connectivity index (χ0v) is 3.57. The Hall–Kier alpha value is 0.350. The molecule has 1 fully saturated rings. The van der Waals surface area contributed by atoms with Gasteiger partial charge in [-0.05, 0) is 0 Å². The predicted octanol–water partition coefficient (Wildman–Crippen LogP) is 0.542. The second-order valence-electron chi connectivity index (χ2n) is 0.749. The van der Waals surface area contributed by atoms with E-state index in [1.807, 2.05) is 0 Å². The lowest BCUT2D eigenvalue weighted by molar-refractivity contribution is -0.172. The highest BCUT2D eigenvalue weighted by atomic mass is 31.1. The first-order chi connectivity index (χ1) is 2.89. The van der Waals surface area contributed by atoms with Gasteiger partial charge in [-0.25, -0.2) is 9.56 Å². The van der Waals surface area contributed by atoms with E-state index in [4.69, 9.17) is 1.28 Å². The highest BCUT2D eigenvalue weighted by molar-refractivity contribution is 7.32. The summed E-state index contributed by atoms with van der Waals surface area (Å²) in [7, 11) is -0.937. The minimum atomic E-state index is -0.937. The van der Waals surface area contributed by atoms with Crippen LogP contribution in [0.1, 0.15) is 0 Å². The molecule has 5 heavy (non-hydrogen) atoms. The SMILES string of the molecule is [2H]P1CCOO1. The molecule has 3 heteroatoms. The average Bonchev–Trinajstić information content (AvgIpc) is 1.86. The Morgan fingerprint density at radius 1 is 2.00 bits per heavy atom. The molecule has 30 valence electrons. The molecule has 0 aromatic carbocycles. The van der Waals surface area contributed by atoms with Gasteiger partial charge in [0.25, 0.3) is 0 Å². The van der Waals surface area contributed by atoms with Crippen molar-refractivity contribution in [2.75, 3.05) is 12.8 Å². The number of hydrogen-bond acceptors (Lipinski definition) is 2. The maximum atomic E-state index is 6.85. The van der Waals surface area contributed by atoms with Gasteiger partial charge >= 0.3 is 0 Å². The molecule has 1 unspecified atom stereocenters. The molecule has 0 aromatic heterocycles. The Labute approximate surface area is 33.5 Å². The Balaban J connectivity index is 2.18. The van der Waals surface area contributed by atoms with Crippen molar-refractivity contribution in [2.45, 2.75) is 0 Å². The zero-order chi connectivity index (χ0) is 4.41. The molecular weight excluding hydrogens is 87.0 g/mol. The predicted molar refractivity (Wildman–Crippen MR) is 20.2 cm³/mol. The molecular formula is C2H5O2P. The molecule has 0 spiro atoms. The van der Waals surface area contributed by atoms with Gasteiger partial charge in [0.15, 0.2) is 0 Å². The van der Waals surface area contributed by atoms with Gasteiger partial charge in [0.1, 0.15) is 0 Å². The molecule has 1 aliphatic rings. The lowest BCUT2D eigenvalue weighted by Crippen LogP contribution is -1.76. The molecule has 0 bridgehead atoms. The van der Waals surface area contributed by atoms with Crippen molar-refractivity contribution >= 4 is 8.75 Å². The first-order valence-electron chi connectivity index (χ1n) is 1.90. The lowest BCUT2D eigenvalue weighted by atomic mass is 10.9. The summed E-state index contributed by atoms with van der Waals surface area (Å²) in [6.07, 6.45) is 0.773. The van der Waals surface area contributed by atoms with E-state index in [9.17, 15) is 0 Å². The van der Waals surface area contributed by atoms with E-state index in [1.165, 1.54) is 0 Å². The van der Waals surface area contributed by atoms with Crippen LogP contribution in [0.25, 0.3) is 0 Å². The largest absolute Gasteiger partial charge is 0.233 e. The summed E-state index contributed by atoms with van der Waals surface area (Å²) >= 11 is 0. The van der Waals surface area contributed by atoms with Crippen LogP contribution in [0.15, 0.2) is 0 Å². The van der Waals surface area contributed by atoms with Crippen LogP contribution in [-0.4, -0.2) is 14.0 Å². The van der Waals surface area contributed by atoms with Crippen LogP contribution in [0.3, 0.4) is 0 Å². The molecule has 1 heterocycles. The van der Waals surface area contributed by atoms with Gasteiger partial charge < -0.3 is 0 Å². The molecule has 0 aliphatic carbocycles. The van der Waals surface area contributed by atoms with Crippen molar-refractivity contribution in [3.63, 3.8) is 0 Å². The molecule has 1 saturated heterocycles. The van der Waals surface area contributed by atoms with Crippen molar-refractivity contribution in [1.29, 1.82) is 1.28 Å². The van der Waals surface area contributed by atoms with Crippen LogP contribution in [-0.2, 0) is 9.56 Å². The van der Waals surface area contributed by atoms with Gasteiger partial charge in [-0.2, -0.15) is 0 Å². The van der Waals surface area contributed by atoms with Gasteiger partial charge in [-0.1, -0.05) is 0 Å². The molecule has 1 atom stereocenters. The highest BCUT2D eigenvalue weighted by Crippen LogP contribution is 2.17. The van der Waals surface area contributed by atoms with Crippen LogP contribution in [0.4, 0.5) is 0 Å². The minimum Gasteiger partial charge on any atom is -0.233 e. The Morgan fingerprint density at radius 2 is 3.00 bits per heavy atom. The highest BCUT2D eigenvalue weighted by Gasteiger charge is 1.96. The van der Waals surface area contributed by atoms with Crippen molar-refractivity contribution < 1.29 is 9.56 Å². The number of hydrogen-bond donors (Lipinski definition) is 0. The van der Waals surface area contributed by atoms with Crippen molar-refractivity contribution in [2.24, 2.45) is 0 Å². The van der Waals surface area contributed by atoms with E-state index in [1.54, 1.807) is 0 Å². The standard InChI is InChI=1S/C2H5O2P/c1-2-5-4-3-1/h5H,1-2H2/i5D. The smallest absolute Gasteiger partial charge is 0.0919 e. The second-order valence-corrected chi connectivity index (χ2v) is 1.60. The Kier molecular flexibility index (Phi) is 0.856. The van der Waals surface area contributed by atoms with E-state index >= 15 is 0 Å². The van der Waals surface area contributed by atoms with Gasteiger partial charge in [0.2, 0.25) is 0 Å². The summed E-state index contributed by atoms with van der Waals surface area (Å²) in [5.74, 6) is 0. The molecule has 0 N–H and O–H groups in total. The van der Waals surface area contributed by atoms with E-state index in [-0.39, 0.29) is 0 Å². The monoisotopic (exact) mass is 93.0 g/mol. The molecule has 1 aliphatic heterocycles. The van der Waals surface area contributed by atoms with Crippen molar-refractivity contribution in [3.05, 3.63) is 0 Å². The van der Waals surface area contributed by atoms with E-state index in [0.717, 1.165) is 6.16 Å². The summed E-state index contributed by atoms with van der Waals surface area (Å²) < 4.78 is 11.2. The fourth-order valence-electron chi connectivity index (χ4n) is 0.186. The third kappa shape index (κ3) is 0.839. The number of rotatable bonds is 0. The molecule has 0 amide bonds. The van der Waals surface area contributed by atoms with Crippen molar-refractivity contribution in [1.82, 2.24) is 0 Å². The summed E-state index contributed by atoms with van der Waals surface area (Å²) in [5.41, 5.74) is 0. The summed E-state index contributed by atoms with van der Waals surface area (Å²) in [6, 6.07) is 0. The fraction of sp³-hybridized carbons (Fsp3) is 1.00. The fourth-order valence-corrected chi connectivity index (χ4v) is 0.559. The summed E-state index contributed by atoms with van der Waals surface area (Å²) in [4.78, 5) is 4.40. The lowest BCUT2D eigenvalue weighted by Gasteiger charge is -1.77. The second kappa shape index (κ2) is 1.71. The Morgan fingerprint density at radius 3 is 3.20 bits per heavy atom. The maximum Gasteiger partial charge on any atom is 0.0919 e. The summed E-state index contributed by atoms with van der Waals surface area (Å²) in [5, 5.41) is 0. The average molecular weight is 93.0 g/mol. The molecule has 2 nitrogen and oxygen atoms in total. The van der Waals surface area contributed by atoms with Crippen LogP contribution < -0.4 is 0 Å².